The molecule has 132 valence electrons. The summed E-state index contributed by atoms with van der Waals surface area (Å²) in [6.07, 6.45) is 3.90. The van der Waals surface area contributed by atoms with Crippen molar-refractivity contribution in [3.8, 4) is 16.9 Å². The van der Waals surface area contributed by atoms with Crippen LogP contribution in [0.4, 0.5) is 0 Å². The second-order valence-electron chi connectivity index (χ2n) is 6.79. The van der Waals surface area contributed by atoms with Gasteiger partial charge < -0.3 is 4.90 Å². The van der Waals surface area contributed by atoms with Gasteiger partial charge in [0.05, 0.1) is 22.6 Å². The number of aryl methyl sites for hydroxylation is 2. The molecule has 4 rings (SSSR count). The van der Waals surface area contributed by atoms with Gasteiger partial charge in [-0.2, -0.15) is 5.10 Å². The number of amides is 1. The number of likely N-dealkylation sites (tertiary alicyclic amines) is 1. The molecule has 1 amide bonds. The highest BCUT2D eigenvalue weighted by Gasteiger charge is 2.23. The van der Waals surface area contributed by atoms with Gasteiger partial charge in [-0.15, -0.1) is 0 Å². The zero-order valence-corrected chi connectivity index (χ0v) is 15.1. The van der Waals surface area contributed by atoms with Crippen molar-refractivity contribution >= 4 is 5.91 Å². The lowest BCUT2D eigenvalue weighted by Crippen LogP contribution is -2.28. The lowest BCUT2D eigenvalue weighted by atomic mass is 10.0. The monoisotopic (exact) mass is 346 g/mol. The van der Waals surface area contributed by atoms with Crippen LogP contribution in [0.25, 0.3) is 16.9 Å². The molecular weight excluding hydrogens is 324 g/mol. The number of hydrogen-bond acceptors (Lipinski definition) is 3. The molecule has 3 aromatic rings. The Morgan fingerprint density at radius 2 is 1.85 bits per heavy atom. The summed E-state index contributed by atoms with van der Waals surface area (Å²) in [5.74, 6) is 0.0714. The number of pyridine rings is 1. The molecule has 0 unspecified atom stereocenters. The van der Waals surface area contributed by atoms with Crippen molar-refractivity contribution < 1.29 is 4.79 Å². The molecule has 1 aliphatic heterocycles. The normalized spacial score (nSPS) is 14.0. The maximum Gasteiger partial charge on any atom is 0.256 e. The van der Waals surface area contributed by atoms with Gasteiger partial charge in [0, 0.05) is 30.5 Å². The largest absolute Gasteiger partial charge is 0.339 e. The zero-order valence-electron chi connectivity index (χ0n) is 15.1. The van der Waals surface area contributed by atoms with Crippen molar-refractivity contribution in [3.63, 3.8) is 0 Å². The van der Waals surface area contributed by atoms with E-state index in [9.17, 15) is 4.79 Å². The van der Waals surface area contributed by atoms with Gasteiger partial charge in [0.1, 0.15) is 0 Å². The van der Waals surface area contributed by atoms with Crippen LogP contribution in [0.3, 0.4) is 0 Å². The highest BCUT2D eigenvalue weighted by molar-refractivity contribution is 6.00. The van der Waals surface area contributed by atoms with Crippen LogP contribution in [0.15, 0.2) is 48.7 Å². The summed E-state index contributed by atoms with van der Waals surface area (Å²) in [6, 6.07) is 13.8. The number of rotatable bonds is 3. The molecule has 0 spiro atoms. The first kappa shape index (κ1) is 16.5. The van der Waals surface area contributed by atoms with Crippen LogP contribution < -0.4 is 0 Å². The molecule has 3 heterocycles. The molecule has 1 saturated heterocycles. The Balaban J connectivity index is 1.76. The maximum absolute atomic E-state index is 12.9. The van der Waals surface area contributed by atoms with Gasteiger partial charge in [-0.05, 0) is 57.0 Å². The lowest BCUT2D eigenvalue weighted by Gasteiger charge is -2.17. The van der Waals surface area contributed by atoms with Gasteiger partial charge in [-0.1, -0.05) is 12.1 Å². The summed E-state index contributed by atoms with van der Waals surface area (Å²) >= 11 is 0. The third kappa shape index (κ3) is 3.01. The highest BCUT2D eigenvalue weighted by atomic mass is 16.2. The second-order valence-corrected chi connectivity index (χ2v) is 6.79. The van der Waals surface area contributed by atoms with Gasteiger partial charge in [-0.3, -0.25) is 9.78 Å². The maximum atomic E-state index is 12.9. The minimum atomic E-state index is 0.0714. The average Bonchev–Trinajstić information content (AvgIpc) is 3.31. The molecule has 5 heteroatoms. The minimum absolute atomic E-state index is 0.0714. The van der Waals surface area contributed by atoms with Crippen LogP contribution in [0.2, 0.25) is 0 Å². The highest BCUT2D eigenvalue weighted by Crippen LogP contribution is 2.26. The van der Waals surface area contributed by atoms with Crippen LogP contribution in [0.1, 0.15) is 34.6 Å². The Kier molecular flexibility index (Phi) is 4.29. The molecule has 0 aliphatic carbocycles. The van der Waals surface area contributed by atoms with Gasteiger partial charge >= 0.3 is 0 Å². The standard InChI is InChI=1S/C21H22N4O/c1-15-13-16(2)25(23-15)18-8-5-7-17(14-18)20-19(9-6-10-22-20)21(26)24-11-3-4-12-24/h5-10,13-14H,3-4,11-12H2,1-2H3. The van der Waals surface area contributed by atoms with Crippen molar-refractivity contribution in [1.29, 1.82) is 0 Å². The summed E-state index contributed by atoms with van der Waals surface area (Å²) in [4.78, 5) is 19.4. The van der Waals surface area contributed by atoms with Gasteiger partial charge in [-0.25, -0.2) is 4.68 Å². The summed E-state index contributed by atoms with van der Waals surface area (Å²) in [7, 11) is 0. The first-order valence-electron chi connectivity index (χ1n) is 9.02. The van der Waals surface area contributed by atoms with E-state index in [1.54, 1.807) is 6.20 Å². The Morgan fingerprint density at radius 3 is 2.58 bits per heavy atom. The fraction of sp³-hybridized carbons (Fsp3) is 0.286. The van der Waals surface area contributed by atoms with Crippen molar-refractivity contribution in [2.75, 3.05) is 13.1 Å². The molecule has 0 N–H and O–H groups in total. The van der Waals surface area contributed by atoms with Crippen molar-refractivity contribution in [3.05, 3.63) is 65.6 Å². The topological polar surface area (TPSA) is 51.0 Å². The predicted octanol–water partition coefficient (Wildman–Crippen LogP) is 3.79. The smallest absolute Gasteiger partial charge is 0.256 e. The molecule has 0 bridgehead atoms. The summed E-state index contributed by atoms with van der Waals surface area (Å²) < 4.78 is 1.92. The molecule has 1 aliphatic rings. The van der Waals surface area contributed by atoms with Crippen LogP contribution in [0.5, 0.6) is 0 Å². The third-order valence-corrected chi connectivity index (χ3v) is 4.81. The van der Waals surface area contributed by atoms with Gasteiger partial charge in [0.15, 0.2) is 0 Å². The van der Waals surface area contributed by atoms with Gasteiger partial charge in [0.2, 0.25) is 0 Å². The minimum Gasteiger partial charge on any atom is -0.339 e. The Bertz CT molecular complexity index is 954. The number of nitrogens with zero attached hydrogens (tertiary/aromatic N) is 4. The molecule has 5 nitrogen and oxygen atoms in total. The Labute approximate surface area is 153 Å². The first-order valence-corrected chi connectivity index (χ1v) is 9.02. The third-order valence-electron chi connectivity index (χ3n) is 4.81. The number of aromatic nitrogens is 3. The average molecular weight is 346 g/mol. The van der Waals surface area contributed by atoms with Crippen LogP contribution >= 0.6 is 0 Å². The first-order chi connectivity index (χ1) is 12.6. The van der Waals surface area contributed by atoms with Crippen LogP contribution in [-0.2, 0) is 0 Å². The predicted molar refractivity (Wildman–Crippen MR) is 101 cm³/mol. The number of carbonyl (C=O) groups is 1. The van der Waals surface area contributed by atoms with E-state index >= 15 is 0 Å². The summed E-state index contributed by atoms with van der Waals surface area (Å²) in [5.41, 5.74) is 5.36. The molecule has 1 aromatic carbocycles. The molecule has 0 radical (unpaired) electrons. The molecular formula is C21H22N4O. The SMILES string of the molecule is Cc1cc(C)n(-c2cccc(-c3ncccc3C(=O)N3CCCC3)c2)n1. The van der Waals surface area contributed by atoms with Crippen LogP contribution in [0, 0.1) is 13.8 Å². The van der Waals surface area contributed by atoms with Crippen molar-refractivity contribution in [1.82, 2.24) is 19.7 Å². The van der Waals surface area contributed by atoms with E-state index in [2.05, 4.69) is 16.1 Å². The molecule has 2 aromatic heterocycles. The van der Waals surface area contributed by atoms with E-state index < -0.39 is 0 Å². The quantitative estimate of drug-likeness (QED) is 0.725. The molecule has 26 heavy (non-hydrogen) atoms. The summed E-state index contributed by atoms with van der Waals surface area (Å²) in [5, 5.41) is 4.56. The van der Waals surface area contributed by atoms with E-state index in [4.69, 9.17) is 0 Å². The fourth-order valence-corrected chi connectivity index (χ4v) is 3.57. The van der Waals surface area contributed by atoms with E-state index in [1.807, 2.05) is 59.8 Å². The van der Waals surface area contributed by atoms with E-state index in [-0.39, 0.29) is 5.91 Å². The van der Waals surface area contributed by atoms with E-state index in [1.165, 1.54) is 0 Å². The summed E-state index contributed by atoms with van der Waals surface area (Å²) in [6.45, 7) is 5.69. The lowest BCUT2D eigenvalue weighted by molar-refractivity contribution is 0.0793. The number of benzene rings is 1. The molecule has 0 atom stereocenters. The number of carbonyl (C=O) groups excluding carboxylic acids is 1. The Hall–Kier alpha value is -2.95. The van der Waals surface area contributed by atoms with E-state index in [0.29, 0.717) is 5.56 Å². The van der Waals surface area contributed by atoms with E-state index in [0.717, 1.165) is 54.3 Å². The van der Waals surface area contributed by atoms with Crippen LogP contribution in [-0.4, -0.2) is 38.7 Å². The second kappa shape index (κ2) is 6.75. The molecule has 1 fully saturated rings. The van der Waals surface area contributed by atoms with Crippen molar-refractivity contribution in [2.24, 2.45) is 0 Å². The van der Waals surface area contributed by atoms with Crippen molar-refractivity contribution in [2.45, 2.75) is 26.7 Å². The van der Waals surface area contributed by atoms with Gasteiger partial charge in [0.25, 0.3) is 5.91 Å². The number of hydrogen-bond donors (Lipinski definition) is 0. The molecule has 0 saturated carbocycles. The fourth-order valence-electron chi connectivity index (χ4n) is 3.57. The zero-order chi connectivity index (χ0) is 18.1. The Morgan fingerprint density at radius 1 is 1.04 bits per heavy atom.